The van der Waals surface area contributed by atoms with Crippen LogP contribution in [-0.4, -0.2) is 27.1 Å². The van der Waals surface area contributed by atoms with Gasteiger partial charge in [0.15, 0.2) is 0 Å². The first kappa shape index (κ1) is 33.8. The van der Waals surface area contributed by atoms with Gasteiger partial charge in [-0.05, 0) is 57.8 Å². The zero-order chi connectivity index (χ0) is 26.6. The summed E-state index contributed by atoms with van der Waals surface area (Å²) in [6.45, 7) is 2.16. The molecule has 4 heteroatoms. The Morgan fingerprint density at radius 3 is 1.53 bits per heavy atom. The summed E-state index contributed by atoms with van der Waals surface area (Å²) in [5.41, 5.74) is 0. The normalized spacial score (nSPS) is 13.2. The van der Waals surface area contributed by atoms with E-state index < -0.39 is 11.8 Å². The zero-order valence-corrected chi connectivity index (χ0v) is 22.7. The maximum atomic E-state index is 10.6. The van der Waals surface area contributed by atoms with Crippen molar-refractivity contribution < 1.29 is 20.1 Å². The summed E-state index contributed by atoms with van der Waals surface area (Å²) in [5.74, 6) is -4.13. The molecule has 0 aliphatic carbocycles. The third-order valence-corrected chi connectivity index (χ3v) is 5.85. The van der Waals surface area contributed by atoms with Crippen molar-refractivity contribution in [1.82, 2.24) is 0 Å². The highest BCUT2D eigenvalue weighted by molar-refractivity contribution is 5.74. The van der Waals surface area contributed by atoms with Crippen molar-refractivity contribution in [3.05, 3.63) is 72.9 Å². The number of hydrogen-bond acceptors (Lipinski definition) is 3. The van der Waals surface area contributed by atoms with Gasteiger partial charge < -0.3 is 15.3 Å². The highest BCUT2D eigenvalue weighted by atomic mass is 16.5. The van der Waals surface area contributed by atoms with Gasteiger partial charge in [-0.1, -0.05) is 125 Å². The van der Waals surface area contributed by atoms with E-state index in [0.717, 1.165) is 64.2 Å². The number of aliphatic hydroxyl groups is 2. The van der Waals surface area contributed by atoms with Gasteiger partial charge in [-0.15, -0.1) is 0 Å². The Morgan fingerprint density at radius 1 is 0.556 bits per heavy atom. The van der Waals surface area contributed by atoms with Crippen LogP contribution < -0.4 is 0 Å². The first-order valence-corrected chi connectivity index (χ1v) is 14.1. The molecule has 0 saturated carbocycles. The molecule has 0 bridgehead atoms. The van der Waals surface area contributed by atoms with Gasteiger partial charge in [-0.25, -0.2) is 4.79 Å². The molecule has 204 valence electrons. The quantitative estimate of drug-likeness (QED) is 0.0536. The number of aliphatic carboxylic acids is 1. The first-order valence-electron chi connectivity index (χ1n) is 14.1. The number of rotatable bonds is 24. The molecule has 0 rings (SSSR count). The van der Waals surface area contributed by atoms with Gasteiger partial charge in [0, 0.05) is 6.42 Å². The number of carbonyl (C=O) groups is 1. The molecule has 0 aliphatic rings. The Balaban J connectivity index is 3.43. The zero-order valence-electron chi connectivity index (χ0n) is 22.7. The fourth-order valence-electron chi connectivity index (χ4n) is 3.63. The highest BCUT2D eigenvalue weighted by Gasteiger charge is 2.31. The summed E-state index contributed by atoms with van der Waals surface area (Å²) in [6, 6.07) is 0. The second kappa shape index (κ2) is 25.9. The topological polar surface area (TPSA) is 77.8 Å². The van der Waals surface area contributed by atoms with Crippen molar-refractivity contribution in [3.8, 4) is 0 Å². The SMILES string of the molecule is CCC=CCCC=CC=CC=CCCC=CCC=CCCCCCCCCCCCC(O)(O)C(=O)O. The lowest BCUT2D eigenvalue weighted by molar-refractivity contribution is -0.205. The number of unbranched alkanes of at least 4 members (excludes halogenated alkanes) is 11. The molecule has 0 heterocycles. The summed E-state index contributed by atoms with van der Waals surface area (Å²) in [5, 5.41) is 27.1. The average Bonchev–Trinajstić information content (AvgIpc) is 2.85. The van der Waals surface area contributed by atoms with Crippen LogP contribution in [0.1, 0.15) is 116 Å². The molecule has 0 fully saturated rings. The Labute approximate surface area is 220 Å². The van der Waals surface area contributed by atoms with Gasteiger partial charge in [-0.3, -0.25) is 0 Å². The van der Waals surface area contributed by atoms with E-state index in [4.69, 9.17) is 5.11 Å². The molecular weight excluding hydrogens is 448 g/mol. The number of allylic oxidation sites excluding steroid dienone is 12. The maximum absolute atomic E-state index is 10.6. The van der Waals surface area contributed by atoms with Crippen LogP contribution in [0.5, 0.6) is 0 Å². The monoisotopic (exact) mass is 500 g/mol. The lowest BCUT2D eigenvalue weighted by Gasteiger charge is -2.15. The van der Waals surface area contributed by atoms with E-state index in [2.05, 4.69) is 79.8 Å². The largest absolute Gasteiger partial charge is 0.477 e. The van der Waals surface area contributed by atoms with Crippen LogP contribution in [-0.2, 0) is 4.79 Å². The molecule has 0 aliphatic heterocycles. The summed E-state index contributed by atoms with van der Waals surface area (Å²) in [6.07, 6.45) is 43.7. The smallest absolute Gasteiger partial charge is 0.364 e. The van der Waals surface area contributed by atoms with Crippen LogP contribution in [0.15, 0.2) is 72.9 Å². The van der Waals surface area contributed by atoms with E-state index >= 15 is 0 Å². The molecule has 0 unspecified atom stereocenters. The first-order chi connectivity index (χ1) is 17.5. The molecule has 4 nitrogen and oxygen atoms in total. The number of carboxylic acid groups (broad SMARTS) is 1. The van der Waals surface area contributed by atoms with Gasteiger partial charge in [0.2, 0.25) is 0 Å². The minimum absolute atomic E-state index is 0.100. The van der Waals surface area contributed by atoms with E-state index in [1.165, 1.54) is 32.1 Å². The van der Waals surface area contributed by atoms with Crippen LogP contribution >= 0.6 is 0 Å². The fourth-order valence-corrected chi connectivity index (χ4v) is 3.63. The Bertz CT molecular complexity index is 680. The van der Waals surface area contributed by atoms with Crippen LogP contribution in [0.25, 0.3) is 0 Å². The fraction of sp³-hybridized carbons (Fsp3) is 0.594. The van der Waals surface area contributed by atoms with Gasteiger partial charge >= 0.3 is 5.97 Å². The lowest BCUT2D eigenvalue weighted by Crippen LogP contribution is -2.37. The van der Waals surface area contributed by atoms with Gasteiger partial charge in [0.1, 0.15) is 0 Å². The van der Waals surface area contributed by atoms with E-state index in [-0.39, 0.29) is 6.42 Å². The van der Waals surface area contributed by atoms with Gasteiger partial charge in [-0.2, -0.15) is 0 Å². The molecule has 3 N–H and O–H groups in total. The Hall–Kier alpha value is -2.17. The molecule has 0 radical (unpaired) electrons. The highest BCUT2D eigenvalue weighted by Crippen LogP contribution is 2.15. The standard InChI is InChI=1S/C32H52O4/c1-2-3-4-5-6-7-8-9-10-11-12-13-14-15-16-17-18-19-20-21-22-23-24-25-26-27-28-29-30-32(35,36)31(33)34/h3-4,7-12,15-16,18-19,35-36H,2,5-6,13-14,17,20-30H2,1H3,(H,33,34). The average molecular weight is 501 g/mol. The van der Waals surface area contributed by atoms with Gasteiger partial charge in [0.05, 0.1) is 0 Å². The minimum Gasteiger partial charge on any atom is -0.477 e. The van der Waals surface area contributed by atoms with Crippen LogP contribution in [0.2, 0.25) is 0 Å². The summed E-state index contributed by atoms with van der Waals surface area (Å²) >= 11 is 0. The van der Waals surface area contributed by atoms with E-state index in [0.29, 0.717) is 6.42 Å². The van der Waals surface area contributed by atoms with Crippen LogP contribution in [0, 0.1) is 0 Å². The molecule has 0 aromatic rings. The molecule has 36 heavy (non-hydrogen) atoms. The summed E-state index contributed by atoms with van der Waals surface area (Å²) in [7, 11) is 0. The predicted octanol–water partition coefficient (Wildman–Crippen LogP) is 8.74. The lowest BCUT2D eigenvalue weighted by atomic mass is 10.0. The van der Waals surface area contributed by atoms with Gasteiger partial charge in [0.25, 0.3) is 5.79 Å². The second-order valence-electron chi connectivity index (χ2n) is 9.30. The molecule has 0 saturated heterocycles. The molecule has 0 spiro atoms. The predicted molar refractivity (Wildman–Crippen MR) is 154 cm³/mol. The van der Waals surface area contributed by atoms with Crippen molar-refractivity contribution >= 4 is 5.97 Å². The minimum atomic E-state index is -2.57. The Kier molecular flexibility index (Phi) is 24.3. The number of hydrogen-bond donors (Lipinski definition) is 3. The molecular formula is C32H52O4. The number of carboxylic acids is 1. The van der Waals surface area contributed by atoms with Crippen molar-refractivity contribution in [1.29, 1.82) is 0 Å². The van der Waals surface area contributed by atoms with Crippen LogP contribution in [0.3, 0.4) is 0 Å². The summed E-state index contributed by atoms with van der Waals surface area (Å²) < 4.78 is 0. The van der Waals surface area contributed by atoms with E-state index in [1.54, 1.807) is 0 Å². The van der Waals surface area contributed by atoms with E-state index in [1.807, 2.05) is 0 Å². The maximum Gasteiger partial charge on any atom is 0.364 e. The third kappa shape index (κ3) is 24.9. The van der Waals surface area contributed by atoms with Crippen molar-refractivity contribution in [2.75, 3.05) is 0 Å². The molecule has 0 atom stereocenters. The second-order valence-corrected chi connectivity index (χ2v) is 9.30. The third-order valence-electron chi connectivity index (χ3n) is 5.85. The van der Waals surface area contributed by atoms with Crippen LogP contribution in [0.4, 0.5) is 0 Å². The van der Waals surface area contributed by atoms with Crippen molar-refractivity contribution in [3.63, 3.8) is 0 Å². The van der Waals surface area contributed by atoms with Crippen molar-refractivity contribution in [2.24, 2.45) is 0 Å². The Morgan fingerprint density at radius 2 is 1.00 bits per heavy atom. The molecule has 0 aromatic heterocycles. The summed E-state index contributed by atoms with van der Waals surface area (Å²) in [4.78, 5) is 10.6. The molecule has 0 amide bonds. The molecule has 0 aromatic carbocycles. The van der Waals surface area contributed by atoms with E-state index in [9.17, 15) is 15.0 Å². The van der Waals surface area contributed by atoms with Crippen molar-refractivity contribution in [2.45, 2.75) is 122 Å².